The van der Waals surface area contributed by atoms with Gasteiger partial charge in [-0.2, -0.15) is 0 Å². The Kier molecular flexibility index (Phi) is 11.2. The van der Waals surface area contributed by atoms with Gasteiger partial charge in [-0.05, 0) is 48.6 Å². The van der Waals surface area contributed by atoms with Gasteiger partial charge in [0.2, 0.25) is 0 Å². The Bertz CT molecular complexity index is 875. The summed E-state index contributed by atoms with van der Waals surface area (Å²) in [7, 11) is 3.17. The van der Waals surface area contributed by atoms with Gasteiger partial charge in [-0.25, -0.2) is 4.39 Å². The molecular formula is C24H33FIN3O3. The van der Waals surface area contributed by atoms with Crippen LogP contribution in [0.2, 0.25) is 0 Å². The smallest absolute Gasteiger partial charge is 0.191 e. The topological polar surface area (TPSA) is 64.1 Å². The Morgan fingerprint density at radius 3 is 2.62 bits per heavy atom. The molecule has 1 aliphatic heterocycles. The van der Waals surface area contributed by atoms with Crippen LogP contribution in [-0.2, 0) is 22.6 Å². The van der Waals surface area contributed by atoms with Crippen molar-refractivity contribution >= 4 is 29.9 Å². The first-order valence-corrected chi connectivity index (χ1v) is 10.7. The highest BCUT2D eigenvalue weighted by Gasteiger charge is 2.14. The van der Waals surface area contributed by atoms with Crippen LogP contribution < -0.4 is 15.4 Å². The molecule has 1 heterocycles. The summed E-state index contributed by atoms with van der Waals surface area (Å²) in [4.78, 5) is 4.28. The zero-order valence-electron chi connectivity index (χ0n) is 18.9. The van der Waals surface area contributed by atoms with E-state index in [9.17, 15) is 4.39 Å². The van der Waals surface area contributed by atoms with Crippen LogP contribution in [0.4, 0.5) is 4.39 Å². The molecule has 1 unspecified atom stereocenters. The van der Waals surface area contributed by atoms with Crippen LogP contribution >= 0.6 is 24.0 Å². The van der Waals surface area contributed by atoms with E-state index in [0.29, 0.717) is 19.1 Å². The highest BCUT2D eigenvalue weighted by Crippen LogP contribution is 2.21. The fraction of sp³-hybridized carbons (Fsp3) is 0.458. The lowest BCUT2D eigenvalue weighted by molar-refractivity contribution is -0.0390. The van der Waals surface area contributed by atoms with Gasteiger partial charge >= 0.3 is 0 Å². The first kappa shape index (κ1) is 26.3. The molecule has 1 saturated heterocycles. The molecule has 0 aromatic heterocycles. The second-order valence-corrected chi connectivity index (χ2v) is 7.63. The van der Waals surface area contributed by atoms with Gasteiger partial charge in [0.1, 0.15) is 0 Å². The first-order chi connectivity index (χ1) is 15.1. The largest absolute Gasteiger partial charge is 0.494 e. The molecule has 3 rings (SSSR count). The van der Waals surface area contributed by atoms with Gasteiger partial charge in [0.05, 0.1) is 25.9 Å². The van der Waals surface area contributed by atoms with Crippen molar-refractivity contribution in [1.29, 1.82) is 0 Å². The molecule has 0 saturated carbocycles. The van der Waals surface area contributed by atoms with Crippen LogP contribution in [0.3, 0.4) is 0 Å². The van der Waals surface area contributed by atoms with Gasteiger partial charge < -0.3 is 24.8 Å². The standard InChI is InChI=1S/C24H32FN3O3.HI/c1-17(20-7-8-23(29-3)22(25)14-20)28-24(26-2)27-15-18-5-4-6-19(13-18)16-31-21-9-11-30-12-10-21;/h4-8,13-14,17,21H,9-12,15-16H2,1-3H3,(H2,26,27,28);1H. The van der Waals surface area contributed by atoms with Gasteiger partial charge in [-0.3, -0.25) is 4.99 Å². The van der Waals surface area contributed by atoms with Crippen molar-refractivity contribution in [2.24, 2.45) is 4.99 Å². The maximum absolute atomic E-state index is 14.0. The molecule has 1 atom stereocenters. The Morgan fingerprint density at radius 1 is 1.19 bits per heavy atom. The van der Waals surface area contributed by atoms with Crippen molar-refractivity contribution in [2.45, 2.75) is 45.1 Å². The number of nitrogens with zero attached hydrogens (tertiary/aromatic N) is 1. The Labute approximate surface area is 207 Å². The van der Waals surface area contributed by atoms with Crippen LogP contribution in [-0.4, -0.2) is 39.4 Å². The Hall–Kier alpha value is -1.91. The zero-order valence-corrected chi connectivity index (χ0v) is 21.2. The molecular weight excluding hydrogens is 524 g/mol. The van der Waals surface area contributed by atoms with E-state index in [1.807, 2.05) is 19.1 Å². The summed E-state index contributed by atoms with van der Waals surface area (Å²) < 4.78 is 30.4. The van der Waals surface area contributed by atoms with Crippen LogP contribution in [0.25, 0.3) is 0 Å². The van der Waals surface area contributed by atoms with E-state index in [0.717, 1.165) is 42.7 Å². The molecule has 0 radical (unpaired) electrons. The van der Waals surface area contributed by atoms with Gasteiger partial charge in [0.15, 0.2) is 17.5 Å². The number of halogens is 2. The van der Waals surface area contributed by atoms with E-state index < -0.39 is 0 Å². The molecule has 2 aromatic carbocycles. The second-order valence-electron chi connectivity index (χ2n) is 7.63. The summed E-state index contributed by atoms with van der Waals surface area (Å²) in [6.45, 7) is 4.74. The third kappa shape index (κ3) is 7.90. The number of ether oxygens (including phenoxy) is 3. The number of hydrogen-bond donors (Lipinski definition) is 2. The summed E-state index contributed by atoms with van der Waals surface area (Å²) >= 11 is 0. The van der Waals surface area contributed by atoms with Crippen molar-refractivity contribution in [1.82, 2.24) is 10.6 Å². The summed E-state index contributed by atoms with van der Waals surface area (Å²) in [6, 6.07) is 13.2. The van der Waals surface area contributed by atoms with E-state index in [-0.39, 0.29) is 47.7 Å². The second kappa shape index (κ2) is 13.6. The van der Waals surface area contributed by atoms with E-state index in [1.54, 1.807) is 13.1 Å². The van der Waals surface area contributed by atoms with Crippen molar-refractivity contribution in [2.75, 3.05) is 27.4 Å². The third-order valence-corrected chi connectivity index (χ3v) is 5.36. The molecule has 1 aliphatic rings. The number of hydrogen-bond acceptors (Lipinski definition) is 4. The van der Waals surface area contributed by atoms with Gasteiger partial charge in [0, 0.05) is 26.8 Å². The first-order valence-electron chi connectivity index (χ1n) is 10.7. The number of benzene rings is 2. The minimum absolute atomic E-state index is 0. The van der Waals surface area contributed by atoms with E-state index in [1.165, 1.54) is 13.2 Å². The maximum Gasteiger partial charge on any atom is 0.191 e. The molecule has 1 fully saturated rings. The van der Waals surface area contributed by atoms with Crippen LogP contribution in [0.15, 0.2) is 47.5 Å². The minimum atomic E-state index is -0.378. The zero-order chi connectivity index (χ0) is 22.1. The minimum Gasteiger partial charge on any atom is -0.494 e. The molecule has 0 amide bonds. The van der Waals surface area contributed by atoms with E-state index in [4.69, 9.17) is 14.2 Å². The van der Waals surface area contributed by atoms with Crippen LogP contribution in [0.5, 0.6) is 5.75 Å². The number of nitrogens with one attached hydrogen (secondary N) is 2. The fourth-order valence-electron chi connectivity index (χ4n) is 3.51. The van der Waals surface area contributed by atoms with Crippen molar-refractivity contribution in [3.05, 3.63) is 65.0 Å². The van der Waals surface area contributed by atoms with E-state index in [2.05, 4.69) is 33.8 Å². The molecule has 6 nitrogen and oxygen atoms in total. The van der Waals surface area contributed by atoms with Gasteiger partial charge in [0.25, 0.3) is 0 Å². The van der Waals surface area contributed by atoms with Crippen LogP contribution in [0, 0.1) is 5.82 Å². The van der Waals surface area contributed by atoms with Gasteiger partial charge in [-0.1, -0.05) is 30.3 Å². The normalized spacial score (nSPS) is 15.6. The third-order valence-electron chi connectivity index (χ3n) is 5.36. The molecule has 0 aliphatic carbocycles. The Balaban J connectivity index is 0.00000363. The summed E-state index contributed by atoms with van der Waals surface area (Å²) in [5.41, 5.74) is 3.10. The molecule has 176 valence electrons. The number of methoxy groups -OCH3 is 1. The average Bonchev–Trinajstić information content (AvgIpc) is 2.81. The number of guanidine groups is 1. The number of aliphatic imine (C=N–C) groups is 1. The van der Waals surface area contributed by atoms with Crippen molar-refractivity contribution in [3.8, 4) is 5.75 Å². The molecule has 0 bridgehead atoms. The lowest BCUT2D eigenvalue weighted by atomic mass is 10.1. The SMILES string of the molecule is CN=C(NCc1cccc(COC2CCOCC2)c1)NC(C)c1ccc(OC)c(F)c1.I. The van der Waals surface area contributed by atoms with Crippen molar-refractivity contribution < 1.29 is 18.6 Å². The lowest BCUT2D eigenvalue weighted by Gasteiger charge is -2.22. The molecule has 32 heavy (non-hydrogen) atoms. The lowest BCUT2D eigenvalue weighted by Crippen LogP contribution is -2.38. The highest BCUT2D eigenvalue weighted by atomic mass is 127. The predicted octanol–water partition coefficient (Wildman–Crippen LogP) is 4.57. The summed E-state index contributed by atoms with van der Waals surface area (Å²) in [6.07, 6.45) is 2.20. The predicted molar refractivity (Wildman–Crippen MR) is 135 cm³/mol. The summed E-state index contributed by atoms with van der Waals surface area (Å²) in [5, 5.41) is 6.61. The maximum atomic E-state index is 14.0. The average molecular weight is 557 g/mol. The van der Waals surface area contributed by atoms with E-state index >= 15 is 0 Å². The molecule has 2 N–H and O–H groups in total. The van der Waals surface area contributed by atoms with Crippen LogP contribution in [0.1, 0.15) is 42.5 Å². The molecule has 8 heteroatoms. The fourth-order valence-corrected chi connectivity index (χ4v) is 3.51. The number of rotatable bonds is 8. The quantitative estimate of drug-likeness (QED) is 0.283. The monoisotopic (exact) mass is 557 g/mol. The molecule has 2 aromatic rings. The highest BCUT2D eigenvalue weighted by molar-refractivity contribution is 14.0. The summed E-state index contributed by atoms with van der Waals surface area (Å²) in [5.74, 6) is 0.503. The van der Waals surface area contributed by atoms with Gasteiger partial charge in [-0.15, -0.1) is 24.0 Å². The van der Waals surface area contributed by atoms with Crippen molar-refractivity contribution in [3.63, 3.8) is 0 Å². The molecule has 0 spiro atoms. The Morgan fingerprint density at radius 2 is 1.94 bits per heavy atom.